The molecule has 82 valence electrons. The molecule has 1 heterocycles. The normalized spacial score (nSPS) is 23.7. The van der Waals surface area contributed by atoms with Crippen molar-refractivity contribution in [2.45, 2.75) is 12.2 Å². The van der Waals surface area contributed by atoms with Gasteiger partial charge in [0.15, 0.2) is 0 Å². The second-order valence-electron chi connectivity index (χ2n) is 3.65. The van der Waals surface area contributed by atoms with Crippen molar-refractivity contribution in [3.8, 4) is 5.75 Å². The second kappa shape index (κ2) is 4.61. The lowest BCUT2D eigenvalue weighted by Crippen LogP contribution is -2.41. The molecule has 1 saturated heterocycles. The SMILES string of the molecule is Oc1ccc(C(O)C2CNCCO2)cc1. The molecule has 0 radical (unpaired) electrons. The summed E-state index contributed by atoms with van der Waals surface area (Å²) in [5, 5.41) is 22.3. The fraction of sp³-hybridized carbons (Fsp3) is 0.455. The van der Waals surface area contributed by atoms with Crippen LogP contribution in [-0.2, 0) is 4.74 Å². The molecule has 0 bridgehead atoms. The zero-order valence-corrected chi connectivity index (χ0v) is 8.39. The Morgan fingerprint density at radius 1 is 1.33 bits per heavy atom. The van der Waals surface area contributed by atoms with Gasteiger partial charge in [0.25, 0.3) is 0 Å². The molecule has 1 aromatic rings. The first-order valence-corrected chi connectivity index (χ1v) is 5.06. The van der Waals surface area contributed by atoms with Crippen LogP contribution in [0.2, 0.25) is 0 Å². The van der Waals surface area contributed by atoms with E-state index in [2.05, 4.69) is 5.32 Å². The fourth-order valence-electron chi connectivity index (χ4n) is 1.67. The number of phenols is 1. The monoisotopic (exact) mass is 209 g/mol. The summed E-state index contributed by atoms with van der Waals surface area (Å²) in [6.45, 7) is 2.11. The molecule has 0 aliphatic carbocycles. The fourth-order valence-corrected chi connectivity index (χ4v) is 1.67. The van der Waals surface area contributed by atoms with Crippen LogP contribution in [0.3, 0.4) is 0 Å². The maximum Gasteiger partial charge on any atom is 0.115 e. The summed E-state index contributed by atoms with van der Waals surface area (Å²) in [4.78, 5) is 0. The van der Waals surface area contributed by atoms with Crippen LogP contribution in [-0.4, -0.2) is 36.0 Å². The Labute approximate surface area is 88.5 Å². The summed E-state index contributed by atoms with van der Waals surface area (Å²) in [5.41, 5.74) is 0.765. The number of nitrogens with one attached hydrogen (secondary N) is 1. The molecule has 1 aromatic carbocycles. The topological polar surface area (TPSA) is 61.7 Å². The minimum Gasteiger partial charge on any atom is -0.508 e. The van der Waals surface area contributed by atoms with Crippen LogP contribution < -0.4 is 5.32 Å². The van der Waals surface area contributed by atoms with E-state index in [-0.39, 0.29) is 11.9 Å². The third-order valence-electron chi connectivity index (χ3n) is 2.54. The Bertz CT molecular complexity index is 306. The highest BCUT2D eigenvalue weighted by atomic mass is 16.5. The molecule has 2 atom stereocenters. The maximum atomic E-state index is 9.99. The van der Waals surface area contributed by atoms with Gasteiger partial charge in [-0.1, -0.05) is 12.1 Å². The number of aliphatic hydroxyl groups excluding tert-OH is 1. The van der Waals surface area contributed by atoms with E-state index in [0.717, 1.165) is 12.1 Å². The molecule has 0 amide bonds. The van der Waals surface area contributed by atoms with E-state index in [4.69, 9.17) is 9.84 Å². The maximum absolute atomic E-state index is 9.99. The molecular formula is C11H15NO3. The minimum absolute atomic E-state index is 0.202. The zero-order chi connectivity index (χ0) is 10.7. The van der Waals surface area contributed by atoms with Crippen molar-refractivity contribution in [3.63, 3.8) is 0 Å². The van der Waals surface area contributed by atoms with Crippen LogP contribution in [0.1, 0.15) is 11.7 Å². The Morgan fingerprint density at radius 2 is 2.07 bits per heavy atom. The van der Waals surface area contributed by atoms with Crippen LogP contribution in [0, 0.1) is 0 Å². The largest absolute Gasteiger partial charge is 0.508 e. The molecule has 0 spiro atoms. The number of phenolic OH excluding ortho intramolecular Hbond substituents is 1. The van der Waals surface area contributed by atoms with Gasteiger partial charge in [0.1, 0.15) is 11.9 Å². The highest BCUT2D eigenvalue weighted by Crippen LogP contribution is 2.21. The first kappa shape index (κ1) is 10.4. The van der Waals surface area contributed by atoms with Gasteiger partial charge in [0.05, 0.1) is 12.7 Å². The van der Waals surface area contributed by atoms with Crippen molar-refractivity contribution >= 4 is 0 Å². The van der Waals surface area contributed by atoms with Crippen molar-refractivity contribution in [3.05, 3.63) is 29.8 Å². The van der Waals surface area contributed by atoms with Gasteiger partial charge in [-0.25, -0.2) is 0 Å². The Balaban J connectivity index is 2.05. The highest BCUT2D eigenvalue weighted by Gasteiger charge is 2.23. The van der Waals surface area contributed by atoms with E-state index < -0.39 is 6.10 Å². The lowest BCUT2D eigenvalue weighted by atomic mass is 10.0. The average molecular weight is 209 g/mol. The van der Waals surface area contributed by atoms with Gasteiger partial charge >= 0.3 is 0 Å². The number of hydrogen-bond acceptors (Lipinski definition) is 4. The molecule has 1 aliphatic heterocycles. The number of morpholine rings is 1. The van der Waals surface area contributed by atoms with Crippen molar-refractivity contribution in [2.24, 2.45) is 0 Å². The van der Waals surface area contributed by atoms with Crippen molar-refractivity contribution < 1.29 is 14.9 Å². The number of hydrogen-bond donors (Lipinski definition) is 3. The Hall–Kier alpha value is -1.10. The first-order valence-electron chi connectivity index (χ1n) is 5.06. The summed E-state index contributed by atoms with van der Waals surface area (Å²) in [5.74, 6) is 0.202. The number of benzene rings is 1. The summed E-state index contributed by atoms with van der Waals surface area (Å²) < 4.78 is 5.45. The van der Waals surface area contributed by atoms with E-state index in [1.54, 1.807) is 24.3 Å². The predicted octanol–water partition coefficient (Wildman–Crippen LogP) is 0.414. The molecule has 4 heteroatoms. The zero-order valence-electron chi connectivity index (χ0n) is 8.39. The van der Waals surface area contributed by atoms with E-state index in [0.29, 0.717) is 13.2 Å². The molecule has 0 aromatic heterocycles. The van der Waals surface area contributed by atoms with E-state index in [1.807, 2.05) is 0 Å². The van der Waals surface area contributed by atoms with Crippen molar-refractivity contribution in [2.75, 3.05) is 19.7 Å². The predicted molar refractivity (Wildman–Crippen MR) is 55.7 cm³/mol. The van der Waals surface area contributed by atoms with Gasteiger partial charge in [-0.05, 0) is 17.7 Å². The summed E-state index contributed by atoms with van der Waals surface area (Å²) in [6.07, 6.45) is -0.846. The quantitative estimate of drug-likeness (QED) is 0.660. The smallest absolute Gasteiger partial charge is 0.115 e. The van der Waals surface area contributed by atoms with Gasteiger partial charge in [-0.15, -0.1) is 0 Å². The van der Waals surface area contributed by atoms with E-state index in [1.165, 1.54) is 0 Å². The molecule has 0 saturated carbocycles. The van der Waals surface area contributed by atoms with Crippen molar-refractivity contribution in [1.29, 1.82) is 0 Å². The minimum atomic E-state index is -0.640. The first-order chi connectivity index (χ1) is 7.27. The standard InChI is InChI=1S/C11H15NO3/c13-9-3-1-8(2-4-9)11(14)10-7-12-5-6-15-10/h1-4,10-14H,5-7H2. The summed E-state index contributed by atoms with van der Waals surface area (Å²) >= 11 is 0. The summed E-state index contributed by atoms with van der Waals surface area (Å²) in [6, 6.07) is 6.54. The lowest BCUT2D eigenvalue weighted by Gasteiger charge is -2.28. The highest BCUT2D eigenvalue weighted by molar-refractivity contribution is 5.27. The molecule has 3 N–H and O–H groups in total. The van der Waals surface area contributed by atoms with Crippen LogP contribution in [0.4, 0.5) is 0 Å². The molecule has 15 heavy (non-hydrogen) atoms. The number of rotatable bonds is 2. The third-order valence-corrected chi connectivity index (χ3v) is 2.54. The van der Waals surface area contributed by atoms with Crippen LogP contribution >= 0.6 is 0 Å². The number of aliphatic hydroxyl groups is 1. The van der Waals surface area contributed by atoms with Crippen LogP contribution in [0.25, 0.3) is 0 Å². The van der Waals surface area contributed by atoms with Gasteiger partial charge in [0, 0.05) is 13.1 Å². The number of ether oxygens (including phenoxy) is 1. The van der Waals surface area contributed by atoms with Crippen LogP contribution in [0.15, 0.2) is 24.3 Å². The number of aromatic hydroxyl groups is 1. The molecule has 2 rings (SSSR count). The lowest BCUT2D eigenvalue weighted by molar-refractivity contribution is -0.0536. The Morgan fingerprint density at radius 3 is 2.67 bits per heavy atom. The third kappa shape index (κ3) is 2.47. The van der Waals surface area contributed by atoms with E-state index in [9.17, 15) is 5.11 Å². The molecule has 1 aliphatic rings. The molecule has 4 nitrogen and oxygen atoms in total. The van der Waals surface area contributed by atoms with Crippen LogP contribution in [0.5, 0.6) is 5.75 Å². The molecule has 2 unspecified atom stereocenters. The second-order valence-corrected chi connectivity index (χ2v) is 3.65. The van der Waals surface area contributed by atoms with Gasteiger partial charge in [-0.3, -0.25) is 0 Å². The Kier molecular flexibility index (Phi) is 3.20. The molecule has 1 fully saturated rings. The van der Waals surface area contributed by atoms with E-state index >= 15 is 0 Å². The molecular weight excluding hydrogens is 194 g/mol. The van der Waals surface area contributed by atoms with Gasteiger partial charge < -0.3 is 20.3 Å². The van der Waals surface area contributed by atoms with Gasteiger partial charge in [-0.2, -0.15) is 0 Å². The average Bonchev–Trinajstić information content (AvgIpc) is 2.30. The van der Waals surface area contributed by atoms with Crippen molar-refractivity contribution in [1.82, 2.24) is 5.32 Å². The van der Waals surface area contributed by atoms with Gasteiger partial charge in [0.2, 0.25) is 0 Å². The summed E-state index contributed by atoms with van der Waals surface area (Å²) in [7, 11) is 0.